The molecule has 0 saturated heterocycles. The van der Waals surface area contributed by atoms with Gasteiger partial charge in [0.25, 0.3) is 5.91 Å². The smallest absolute Gasteiger partial charge is 0.306 e. The lowest BCUT2D eigenvalue weighted by Gasteiger charge is -2.15. The minimum Gasteiger partial charge on any atom is -0.497 e. The molecule has 1 aliphatic carbocycles. The van der Waals surface area contributed by atoms with E-state index < -0.39 is 5.97 Å². The summed E-state index contributed by atoms with van der Waals surface area (Å²) in [7, 11) is 3.03. The Morgan fingerprint density at radius 3 is 2.57 bits per heavy atom. The van der Waals surface area contributed by atoms with E-state index in [-0.39, 0.29) is 17.9 Å². The third-order valence-electron chi connectivity index (χ3n) is 3.77. The van der Waals surface area contributed by atoms with Crippen LogP contribution < -0.4 is 14.8 Å². The van der Waals surface area contributed by atoms with Gasteiger partial charge in [0.2, 0.25) is 0 Å². The van der Waals surface area contributed by atoms with Gasteiger partial charge in [0.1, 0.15) is 11.5 Å². The Hall–Kier alpha value is -2.24. The first-order chi connectivity index (χ1) is 10.0. The molecular formula is C15H19NO5. The number of carbonyl (C=O) groups is 2. The van der Waals surface area contributed by atoms with Crippen LogP contribution in [0.2, 0.25) is 0 Å². The zero-order chi connectivity index (χ0) is 15.4. The van der Waals surface area contributed by atoms with Crippen molar-refractivity contribution in [2.24, 2.45) is 5.92 Å². The van der Waals surface area contributed by atoms with Crippen molar-refractivity contribution in [3.63, 3.8) is 0 Å². The SMILES string of the molecule is COc1ccc(C(=O)NC2CCC(C(=O)O)C2)c(OC)c1. The van der Waals surface area contributed by atoms with Crippen LogP contribution in [0.25, 0.3) is 0 Å². The maximum absolute atomic E-state index is 12.3. The molecule has 114 valence electrons. The Labute approximate surface area is 123 Å². The molecule has 1 aromatic rings. The summed E-state index contributed by atoms with van der Waals surface area (Å²) in [5, 5.41) is 11.8. The molecule has 0 bridgehead atoms. The Morgan fingerprint density at radius 2 is 2.00 bits per heavy atom. The van der Waals surface area contributed by atoms with Crippen LogP contribution >= 0.6 is 0 Å². The van der Waals surface area contributed by atoms with Crippen molar-refractivity contribution >= 4 is 11.9 Å². The highest BCUT2D eigenvalue weighted by Crippen LogP contribution is 2.28. The predicted octanol–water partition coefficient (Wildman–Crippen LogP) is 1.69. The Bertz CT molecular complexity index is 543. The van der Waals surface area contributed by atoms with E-state index in [9.17, 15) is 9.59 Å². The number of nitrogens with one attached hydrogen (secondary N) is 1. The van der Waals surface area contributed by atoms with Gasteiger partial charge in [-0.2, -0.15) is 0 Å². The van der Waals surface area contributed by atoms with Crippen LogP contribution in [0.4, 0.5) is 0 Å². The van der Waals surface area contributed by atoms with Crippen molar-refractivity contribution in [3.8, 4) is 11.5 Å². The summed E-state index contributed by atoms with van der Waals surface area (Å²) >= 11 is 0. The van der Waals surface area contributed by atoms with Crippen LogP contribution in [-0.2, 0) is 4.79 Å². The standard InChI is InChI=1S/C15H19NO5/c1-20-11-5-6-12(13(8-11)21-2)14(17)16-10-4-3-9(7-10)15(18)19/h5-6,8-10H,3-4,7H2,1-2H3,(H,16,17)(H,18,19). The molecule has 21 heavy (non-hydrogen) atoms. The molecule has 1 saturated carbocycles. The molecule has 1 aromatic carbocycles. The number of ether oxygens (including phenoxy) is 2. The Morgan fingerprint density at radius 1 is 1.24 bits per heavy atom. The predicted molar refractivity (Wildman–Crippen MR) is 75.8 cm³/mol. The highest BCUT2D eigenvalue weighted by molar-refractivity contribution is 5.97. The molecule has 1 fully saturated rings. The fourth-order valence-electron chi connectivity index (χ4n) is 2.59. The summed E-state index contributed by atoms with van der Waals surface area (Å²) in [4.78, 5) is 23.2. The molecular weight excluding hydrogens is 274 g/mol. The first-order valence-electron chi connectivity index (χ1n) is 6.80. The number of hydrogen-bond acceptors (Lipinski definition) is 4. The monoisotopic (exact) mass is 293 g/mol. The number of aliphatic carboxylic acids is 1. The molecule has 0 aliphatic heterocycles. The van der Waals surface area contributed by atoms with Crippen LogP contribution in [0, 0.1) is 5.92 Å². The van der Waals surface area contributed by atoms with E-state index in [4.69, 9.17) is 14.6 Å². The molecule has 2 unspecified atom stereocenters. The third-order valence-corrected chi connectivity index (χ3v) is 3.77. The highest BCUT2D eigenvalue weighted by Gasteiger charge is 2.31. The van der Waals surface area contributed by atoms with E-state index in [0.29, 0.717) is 36.3 Å². The second kappa shape index (κ2) is 6.47. The van der Waals surface area contributed by atoms with E-state index in [1.807, 2.05) is 0 Å². The maximum atomic E-state index is 12.3. The van der Waals surface area contributed by atoms with Gasteiger partial charge in [0.05, 0.1) is 25.7 Å². The molecule has 6 heteroatoms. The summed E-state index contributed by atoms with van der Waals surface area (Å²) in [5.41, 5.74) is 0.414. The summed E-state index contributed by atoms with van der Waals surface area (Å²) in [6.45, 7) is 0. The van der Waals surface area contributed by atoms with Crippen LogP contribution in [0.1, 0.15) is 29.6 Å². The lowest BCUT2D eigenvalue weighted by molar-refractivity contribution is -0.141. The normalized spacial score (nSPS) is 20.9. The van der Waals surface area contributed by atoms with Gasteiger partial charge in [0, 0.05) is 12.1 Å². The van der Waals surface area contributed by atoms with Crippen LogP contribution in [0.5, 0.6) is 11.5 Å². The zero-order valence-corrected chi connectivity index (χ0v) is 12.1. The van der Waals surface area contributed by atoms with Crippen LogP contribution in [0.15, 0.2) is 18.2 Å². The summed E-state index contributed by atoms with van der Waals surface area (Å²) < 4.78 is 10.3. The van der Waals surface area contributed by atoms with Gasteiger partial charge in [-0.05, 0) is 31.4 Å². The van der Waals surface area contributed by atoms with Gasteiger partial charge in [0.15, 0.2) is 0 Å². The minimum atomic E-state index is -0.797. The molecule has 0 radical (unpaired) electrons. The van der Waals surface area contributed by atoms with E-state index in [1.165, 1.54) is 7.11 Å². The lowest BCUT2D eigenvalue weighted by atomic mass is 10.1. The minimum absolute atomic E-state index is 0.106. The van der Waals surface area contributed by atoms with Gasteiger partial charge in [-0.3, -0.25) is 9.59 Å². The third kappa shape index (κ3) is 3.45. The Kier molecular flexibility index (Phi) is 4.67. The van der Waals surface area contributed by atoms with Crippen LogP contribution in [0.3, 0.4) is 0 Å². The molecule has 6 nitrogen and oxygen atoms in total. The van der Waals surface area contributed by atoms with E-state index in [2.05, 4.69) is 5.32 Å². The molecule has 1 aliphatic rings. The second-order valence-electron chi connectivity index (χ2n) is 5.08. The number of benzene rings is 1. The number of carboxylic acid groups (broad SMARTS) is 1. The van der Waals surface area contributed by atoms with E-state index in [0.717, 1.165) is 0 Å². The van der Waals surface area contributed by atoms with Crippen LogP contribution in [-0.4, -0.2) is 37.2 Å². The lowest BCUT2D eigenvalue weighted by Crippen LogP contribution is -2.33. The summed E-state index contributed by atoms with van der Waals surface area (Å²) in [6.07, 6.45) is 1.75. The number of carbonyl (C=O) groups excluding carboxylic acids is 1. The largest absolute Gasteiger partial charge is 0.497 e. The molecule has 0 heterocycles. The molecule has 2 rings (SSSR count). The van der Waals surface area contributed by atoms with Crippen molar-refractivity contribution in [2.75, 3.05) is 14.2 Å². The summed E-state index contributed by atoms with van der Waals surface area (Å²) in [6, 6.07) is 4.86. The van der Waals surface area contributed by atoms with Gasteiger partial charge in [-0.15, -0.1) is 0 Å². The van der Waals surface area contributed by atoms with E-state index in [1.54, 1.807) is 25.3 Å². The van der Waals surface area contributed by atoms with Gasteiger partial charge < -0.3 is 19.9 Å². The van der Waals surface area contributed by atoms with E-state index >= 15 is 0 Å². The summed E-state index contributed by atoms with van der Waals surface area (Å²) in [5.74, 6) is -0.387. The molecule has 2 atom stereocenters. The maximum Gasteiger partial charge on any atom is 0.306 e. The number of carboxylic acids is 1. The van der Waals surface area contributed by atoms with Crippen molar-refractivity contribution in [3.05, 3.63) is 23.8 Å². The average Bonchev–Trinajstić information content (AvgIpc) is 2.95. The first kappa shape index (κ1) is 15.2. The number of rotatable bonds is 5. The molecule has 0 aromatic heterocycles. The van der Waals surface area contributed by atoms with Crippen molar-refractivity contribution < 1.29 is 24.2 Å². The van der Waals surface area contributed by atoms with Crippen molar-refractivity contribution in [1.29, 1.82) is 0 Å². The fraction of sp³-hybridized carbons (Fsp3) is 0.467. The molecule has 2 N–H and O–H groups in total. The van der Waals surface area contributed by atoms with Crippen molar-refractivity contribution in [1.82, 2.24) is 5.32 Å². The zero-order valence-electron chi connectivity index (χ0n) is 12.1. The van der Waals surface area contributed by atoms with Gasteiger partial charge in [-0.25, -0.2) is 0 Å². The topological polar surface area (TPSA) is 84.9 Å². The Balaban J connectivity index is 2.05. The molecule has 0 spiro atoms. The highest BCUT2D eigenvalue weighted by atomic mass is 16.5. The first-order valence-corrected chi connectivity index (χ1v) is 6.80. The van der Waals surface area contributed by atoms with Gasteiger partial charge in [-0.1, -0.05) is 0 Å². The average molecular weight is 293 g/mol. The number of methoxy groups -OCH3 is 2. The molecule has 1 amide bonds. The van der Waals surface area contributed by atoms with Gasteiger partial charge >= 0.3 is 5.97 Å². The quantitative estimate of drug-likeness (QED) is 0.863. The van der Waals surface area contributed by atoms with Crippen molar-refractivity contribution in [2.45, 2.75) is 25.3 Å². The second-order valence-corrected chi connectivity index (χ2v) is 5.08. The fourth-order valence-corrected chi connectivity index (χ4v) is 2.59. The number of hydrogen-bond donors (Lipinski definition) is 2. The number of amides is 1.